The maximum absolute atomic E-state index is 9.59. The molecule has 3 N–H and O–H groups in total. The fraction of sp³-hybridized carbons (Fsp3) is 0.667. The molecule has 0 spiro atoms. The second-order valence-corrected chi connectivity index (χ2v) is 4.56. The van der Waals surface area contributed by atoms with E-state index in [1.807, 2.05) is 12.1 Å². The van der Waals surface area contributed by atoms with E-state index in [4.69, 9.17) is 9.52 Å². The van der Waals surface area contributed by atoms with Crippen molar-refractivity contribution in [2.24, 2.45) is 0 Å². The summed E-state index contributed by atoms with van der Waals surface area (Å²) in [5.74, 6) is 0.975. The molecule has 4 heteroatoms. The average molecular weight is 227 g/mol. The van der Waals surface area contributed by atoms with Gasteiger partial charge in [0.2, 0.25) is 0 Å². The second-order valence-electron chi connectivity index (χ2n) is 4.56. The minimum atomic E-state index is -1.04. The van der Waals surface area contributed by atoms with Crippen molar-refractivity contribution >= 4 is 0 Å². The highest BCUT2D eigenvalue weighted by atomic mass is 16.3. The van der Waals surface area contributed by atoms with E-state index in [9.17, 15) is 5.11 Å². The van der Waals surface area contributed by atoms with Gasteiger partial charge < -0.3 is 19.9 Å². The van der Waals surface area contributed by atoms with Gasteiger partial charge in [0.1, 0.15) is 5.76 Å². The molecule has 92 valence electrons. The van der Waals surface area contributed by atoms with Crippen LogP contribution in [0, 0.1) is 0 Å². The van der Waals surface area contributed by atoms with Gasteiger partial charge in [-0.05, 0) is 32.4 Å². The van der Waals surface area contributed by atoms with Crippen LogP contribution in [0.25, 0.3) is 0 Å². The summed E-state index contributed by atoms with van der Waals surface area (Å²) in [5.41, 5.74) is -1.04. The Balaban J connectivity index is 2.18. The third-order valence-corrected chi connectivity index (χ3v) is 2.58. The second kappa shape index (κ2) is 6.03. The Morgan fingerprint density at radius 3 is 2.88 bits per heavy atom. The standard InChI is InChI=1S/C12H21NO3/c1-10(13-8-12(2,15)9-14)5-6-11-4-3-7-16-11/h3-4,7,10,13-15H,5-6,8-9H2,1-2H3. The van der Waals surface area contributed by atoms with Crippen molar-refractivity contribution < 1.29 is 14.6 Å². The summed E-state index contributed by atoms with van der Waals surface area (Å²) in [4.78, 5) is 0. The molecule has 0 amide bonds. The third-order valence-electron chi connectivity index (χ3n) is 2.58. The van der Waals surface area contributed by atoms with Gasteiger partial charge in [-0.3, -0.25) is 0 Å². The lowest BCUT2D eigenvalue weighted by molar-refractivity contribution is 0.000935. The van der Waals surface area contributed by atoms with Gasteiger partial charge in [-0.25, -0.2) is 0 Å². The van der Waals surface area contributed by atoms with Gasteiger partial charge in [0.25, 0.3) is 0 Å². The minimum absolute atomic E-state index is 0.231. The molecule has 1 aromatic heterocycles. The number of hydrogen-bond acceptors (Lipinski definition) is 4. The van der Waals surface area contributed by atoms with Crippen LogP contribution in [-0.4, -0.2) is 35.0 Å². The van der Waals surface area contributed by atoms with Crippen LogP contribution in [0.1, 0.15) is 26.0 Å². The molecule has 0 aliphatic rings. The number of rotatable bonds is 7. The lowest BCUT2D eigenvalue weighted by Gasteiger charge is -2.23. The Kier molecular flexibility index (Phi) is 4.99. The summed E-state index contributed by atoms with van der Waals surface area (Å²) in [6.45, 7) is 3.82. The molecule has 2 atom stereocenters. The Morgan fingerprint density at radius 1 is 1.56 bits per heavy atom. The fourth-order valence-electron chi connectivity index (χ4n) is 1.37. The van der Waals surface area contributed by atoms with Crippen molar-refractivity contribution in [2.45, 2.75) is 38.3 Å². The molecule has 0 saturated carbocycles. The number of hydrogen-bond donors (Lipinski definition) is 3. The molecule has 0 saturated heterocycles. The first-order valence-electron chi connectivity index (χ1n) is 5.62. The first-order chi connectivity index (χ1) is 7.53. The summed E-state index contributed by atoms with van der Waals surface area (Å²) in [7, 11) is 0. The van der Waals surface area contributed by atoms with Crippen molar-refractivity contribution in [3.05, 3.63) is 24.2 Å². The van der Waals surface area contributed by atoms with Gasteiger partial charge in [-0.1, -0.05) is 0 Å². The summed E-state index contributed by atoms with van der Waals surface area (Å²) < 4.78 is 5.23. The molecule has 0 radical (unpaired) electrons. The van der Waals surface area contributed by atoms with E-state index >= 15 is 0 Å². The van der Waals surface area contributed by atoms with E-state index in [0.29, 0.717) is 6.54 Å². The molecule has 1 aromatic rings. The van der Waals surface area contributed by atoms with Crippen LogP contribution in [0.4, 0.5) is 0 Å². The van der Waals surface area contributed by atoms with Gasteiger partial charge in [-0.2, -0.15) is 0 Å². The van der Waals surface area contributed by atoms with E-state index in [0.717, 1.165) is 18.6 Å². The highest BCUT2D eigenvalue weighted by Crippen LogP contribution is 2.06. The van der Waals surface area contributed by atoms with E-state index in [-0.39, 0.29) is 12.6 Å². The zero-order valence-electron chi connectivity index (χ0n) is 9.94. The Labute approximate surface area is 96.3 Å². The maximum Gasteiger partial charge on any atom is 0.103 e. The Hall–Kier alpha value is -0.840. The first-order valence-corrected chi connectivity index (χ1v) is 5.62. The topological polar surface area (TPSA) is 65.6 Å². The molecular formula is C12H21NO3. The summed E-state index contributed by atoms with van der Waals surface area (Å²) >= 11 is 0. The maximum atomic E-state index is 9.59. The Bertz CT molecular complexity index is 282. The predicted octanol–water partition coefficient (Wildman–Crippen LogP) is 0.934. The molecule has 1 rings (SSSR count). The molecule has 4 nitrogen and oxygen atoms in total. The smallest absolute Gasteiger partial charge is 0.103 e. The zero-order chi connectivity index (χ0) is 12.0. The van der Waals surface area contributed by atoms with Crippen LogP contribution in [-0.2, 0) is 6.42 Å². The van der Waals surface area contributed by atoms with Crippen molar-refractivity contribution in [1.29, 1.82) is 0 Å². The van der Waals surface area contributed by atoms with E-state index in [1.165, 1.54) is 0 Å². The van der Waals surface area contributed by atoms with E-state index < -0.39 is 5.60 Å². The van der Waals surface area contributed by atoms with E-state index in [2.05, 4.69) is 12.2 Å². The molecule has 0 aliphatic carbocycles. The van der Waals surface area contributed by atoms with Gasteiger partial charge in [0, 0.05) is 19.0 Å². The number of nitrogens with one attached hydrogen (secondary N) is 1. The molecule has 2 unspecified atom stereocenters. The van der Waals surface area contributed by atoms with Crippen LogP contribution in [0.15, 0.2) is 22.8 Å². The summed E-state index contributed by atoms with van der Waals surface area (Å²) in [5, 5.41) is 21.7. The monoisotopic (exact) mass is 227 g/mol. The zero-order valence-corrected chi connectivity index (χ0v) is 9.94. The number of aryl methyl sites for hydroxylation is 1. The van der Waals surface area contributed by atoms with Gasteiger partial charge in [0.05, 0.1) is 18.5 Å². The predicted molar refractivity (Wildman–Crippen MR) is 62.2 cm³/mol. The summed E-state index contributed by atoms with van der Waals surface area (Å²) in [6.07, 6.45) is 3.49. The quantitative estimate of drug-likeness (QED) is 0.648. The van der Waals surface area contributed by atoms with Gasteiger partial charge >= 0.3 is 0 Å². The van der Waals surface area contributed by atoms with Crippen LogP contribution in [0.3, 0.4) is 0 Å². The molecule has 0 aliphatic heterocycles. The molecule has 0 fully saturated rings. The Morgan fingerprint density at radius 2 is 2.31 bits per heavy atom. The van der Waals surface area contributed by atoms with Gasteiger partial charge in [-0.15, -0.1) is 0 Å². The number of furan rings is 1. The van der Waals surface area contributed by atoms with E-state index in [1.54, 1.807) is 13.2 Å². The normalized spacial score (nSPS) is 17.0. The van der Waals surface area contributed by atoms with Crippen LogP contribution >= 0.6 is 0 Å². The fourth-order valence-corrected chi connectivity index (χ4v) is 1.37. The first kappa shape index (κ1) is 13.2. The lowest BCUT2D eigenvalue weighted by Crippen LogP contribution is -2.44. The van der Waals surface area contributed by atoms with Crippen molar-refractivity contribution in [3.63, 3.8) is 0 Å². The molecule has 0 bridgehead atoms. The SMILES string of the molecule is CC(CCc1ccco1)NCC(C)(O)CO. The van der Waals surface area contributed by atoms with Crippen LogP contribution < -0.4 is 5.32 Å². The molecule has 16 heavy (non-hydrogen) atoms. The van der Waals surface area contributed by atoms with Crippen molar-refractivity contribution in [1.82, 2.24) is 5.32 Å². The highest BCUT2D eigenvalue weighted by Gasteiger charge is 2.19. The summed E-state index contributed by atoms with van der Waals surface area (Å²) in [6, 6.07) is 4.11. The number of aliphatic hydroxyl groups excluding tert-OH is 1. The molecule has 1 heterocycles. The lowest BCUT2D eigenvalue weighted by atomic mass is 10.1. The number of aliphatic hydroxyl groups is 2. The largest absolute Gasteiger partial charge is 0.469 e. The average Bonchev–Trinajstić information content (AvgIpc) is 2.76. The third kappa shape index (κ3) is 4.79. The van der Waals surface area contributed by atoms with Crippen LogP contribution in [0.5, 0.6) is 0 Å². The molecule has 0 aromatic carbocycles. The molecular weight excluding hydrogens is 206 g/mol. The van der Waals surface area contributed by atoms with Crippen molar-refractivity contribution in [2.75, 3.05) is 13.2 Å². The van der Waals surface area contributed by atoms with Crippen LogP contribution in [0.2, 0.25) is 0 Å². The minimum Gasteiger partial charge on any atom is -0.469 e. The highest BCUT2D eigenvalue weighted by molar-refractivity contribution is 4.98. The van der Waals surface area contributed by atoms with Crippen molar-refractivity contribution in [3.8, 4) is 0 Å². The van der Waals surface area contributed by atoms with Gasteiger partial charge in [0.15, 0.2) is 0 Å².